The van der Waals surface area contributed by atoms with Crippen LogP contribution in [0.1, 0.15) is 50.5 Å². The van der Waals surface area contributed by atoms with Crippen molar-refractivity contribution < 1.29 is 45.5 Å². The molecule has 6 nitrogen and oxygen atoms in total. The van der Waals surface area contributed by atoms with Crippen LogP contribution in [0.25, 0.3) is 43.1 Å². The lowest BCUT2D eigenvalue weighted by molar-refractivity contribution is -0.174. The van der Waals surface area contributed by atoms with E-state index in [0.29, 0.717) is 49.3 Å². The number of imide groups is 2. The molecule has 232 valence electrons. The maximum Gasteiger partial charge on any atom is 0.409 e. The van der Waals surface area contributed by atoms with Crippen LogP contribution in [0.3, 0.4) is 0 Å². The Bertz CT molecular complexity index is 2160. The van der Waals surface area contributed by atoms with E-state index in [1.165, 1.54) is 24.3 Å². The predicted octanol–water partition coefficient (Wildman–Crippen LogP) is 8.67. The third-order valence-corrected chi connectivity index (χ3v) is 9.70. The molecule has 1 aliphatic heterocycles. The van der Waals surface area contributed by atoms with Gasteiger partial charge in [-0.1, -0.05) is 50.1 Å². The van der Waals surface area contributed by atoms with Crippen molar-refractivity contribution in [3.8, 4) is 0 Å². The maximum absolute atomic E-state index is 13.7. The molecule has 0 spiro atoms. The summed E-state index contributed by atoms with van der Waals surface area (Å²) in [5.74, 6) is -3.40. The van der Waals surface area contributed by atoms with Crippen LogP contribution in [0.15, 0.2) is 45.3 Å². The second-order valence-corrected chi connectivity index (χ2v) is 12.6. The zero-order chi connectivity index (χ0) is 33.1. The number of benzene rings is 5. The second kappa shape index (κ2) is 10.1. The lowest BCUT2D eigenvalue weighted by Gasteiger charge is -2.33. The van der Waals surface area contributed by atoms with Gasteiger partial charge in [0.15, 0.2) is 0 Å². The highest BCUT2D eigenvalue weighted by Crippen LogP contribution is 2.50. The fourth-order valence-corrected chi connectivity index (χ4v) is 7.44. The minimum absolute atomic E-state index is 0.0822. The van der Waals surface area contributed by atoms with E-state index < -0.39 is 42.2 Å². The molecule has 0 radical (unpaired) electrons. The van der Waals surface area contributed by atoms with Gasteiger partial charge in [0.05, 0.1) is 0 Å². The molecule has 1 heterocycles. The molecule has 1 aliphatic rings. The van der Waals surface area contributed by atoms with Gasteiger partial charge in [-0.15, -0.1) is 0 Å². The highest BCUT2D eigenvalue weighted by molar-refractivity contribution is 9.11. The van der Waals surface area contributed by atoms with Crippen molar-refractivity contribution in [1.82, 2.24) is 9.80 Å². The molecule has 0 fully saturated rings. The molecule has 2 unspecified atom stereocenters. The smallest absolute Gasteiger partial charge is 0.278 e. The van der Waals surface area contributed by atoms with Crippen LogP contribution in [0.4, 0.5) is 26.3 Å². The second-order valence-electron chi connectivity index (χ2n) is 10.9. The molecular formula is C31H18Br2F6N2O4. The number of aryl methyl sites for hydroxylation is 1. The van der Waals surface area contributed by atoms with E-state index in [9.17, 15) is 45.5 Å². The van der Waals surface area contributed by atoms with Gasteiger partial charge in [-0.05, 0) is 66.1 Å². The van der Waals surface area contributed by atoms with Gasteiger partial charge in [0.25, 0.3) is 17.7 Å². The number of fused-ring (bicyclic) bond motifs is 2. The average molecular weight is 756 g/mol. The summed E-state index contributed by atoms with van der Waals surface area (Å²) in [5.41, 5.74) is 0.121. The Morgan fingerprint density at radius 2 is 1.31 bits per heavy atom. The number of carbonyl (C=O) groups is 4. The summed E-state index contributed by atoms with van der Waals surface area (Å²) in [7, 11) is 0. The number of nitrogens with zero attached hydrogens (tertiary/aromatic N) is 2. The van der Waals surface area contributed by atoms with Gasteiger partial charge in [0.2, 0.25) is 6.41 Å². The fraction of sp³-hybridized carbons (Fsp3) is 0.226. The number of hydrogen-bond acceptors (Lipinski definition) is 4. The quantitative estimate of drug-likeness (QED) is 0.0605. The summed E-state index contributed by atoms with van der Waals surface area (Å²) in [6, 6.07) is 4.07. The van der Waals surface area contributed by atoms with Crippen LogP contribution in [0.2, 0.25) is 0 Å². The molecule has 4 amide bonds. The first-order valence-corrected chi connectivity index (χ1v) is 14.8. The molecule has 14 heteroatoms. The fourth-order valence-electron chi connectivity index (χ4n) is 6.16. The minimum atomic E-state index is -4.88. The maximum atomic E-state index is 13.7. The number of alkyl halides is 6. The Morgan fingerprint density at radius 1 is 0.778 bits per heavy atom. The summed E-state index contributed by atoms with van der Waals surface area (Å²) < 4.78 is 82.3. The molecule has 5 aromatic carbocycles. The van der Waals surface area contributed by atoms with Crippen molar-refractivity contribution >= 4 is 99.1 Å². The van der Waals surface area contributed by atoms with Crippen molar-refractivity contribution in [1.29, 1.82) is 0 Å². The first-order chi connectivity index (χ1) is 20.9. The van der Waals surface area contributed by atoms with Crippen LogP contribution in [0, 0.1) is 6.92 Å². The Morgan fingerprint density at radius 3 is 1.87 bits per heavy atom. The summed E-state index contributed by atoms with van der Waals surface area (Å²) in [6.07, 6.45) is -9.91. The first kappa shape index (κ1) is 31.2. The van der Waals surface area contributed by atoms with Crippen molar-refractivity contribution in [3.05, 3.63) is 67.6 Å². The largest absolute Gasteiger partial charge is 0.409 e. The monoisotopic (exact) mass is 754 g/mol. The van der Waals surface area contributed by atoms with Crippen LogP contribution < -0.4 is 0 Å². The van der Waals surface area contributed by atoms with E-state index in [2.05, 4.69) is 31.9 Å². The van der Waals surface area contributed by atoms with Crippen LogP contribution in [-0.4, -0.2) is 58.4 Å². The summed E-state index contributed by atoms with van der Waals surface area (Å²) in [6.45, 7) is 3.09. The van der Waals surface area contributed by atoms with Gasteiger partial charge in [0, 0.05) is 47.2 Å². The molecule has 0 bridgehead atoms. The Kier molecular flexibility index (Phi) is 7.01. The van der Waals surface area contributed by atoms with Crippen molar-refractivity contribution in [2.24, 2.45) is 0 Å². The Labute approximate surface area is 266 Å². The average Bonchev–Trinajstić information content (AvgIpc) is 2.95. The zero-order valence-corrected chi connectivity index (χ0v) is 26.4. The number of halogens is 8. The summed E-state index contributed by atoms with van der Waals surface area (Å²) >= 11 is 6.92. The van der Waals surface area contributed by atoms with Crippen molar-refractivity contribution in [3.63, 3.8) is 0 Å². The van der Waals surface area contributed by atoms with Crippen LogP contribution in [0.5, 0.6) is 0 Å². The summed E-state index contributed by atoms with van der Waals surface area (Å²) in [4.78, 5) is 52.6. The van der Waals surface area contributed by atoms with E-state index >= 15 is 0 Å². The SMILES string of the molecule is Cc1ccc2c3c(Br)cc4c5c(ccc(c6c(Br)cc(C(=O)N(C=O)C(C)C(F)(F)F)c1c26)c53)C(=O)N(C(C)C(F)(F)F)C4=O. The van der Waals surface area contributed by atoms with Gasteiger partial charge in [0.1, 0.15) is 12.1 Å². The van der Waals surface area contributed by atoms with E-state index in [1.807, 2.05) is 0 Å². The number of hydrogen-bond donors (Lipinski definition) is 0. The van der Waals surface area contributed by atoms with Crippen LogP contribution >= 0.6 is 31.9 Å². The minimum Gasteiger partial charge on any atom is -0.278 e. The lowest BCUT2D eigenvalue weighted by atomic mass is 9.83. The molecule has 6 rings (SSSR count). The molecule has 0 saturated carbocycles. The molecule has 5 aromatic rings. The standard InChI is InChI=1S/C31H18Br2F6N2O4/c1-11-4-5-14-24-20(33)9-18-22-16(28(44)41(29(18)45)13(3)31(37,38)39)7-6-15(26(22)24)23-19(32)8-17(21(11)25(14)23)27(43)40(10-42)12(2)30(34,35)36/h4-10,12-13H,1-3H3. The zero-order valence-electron chi connectivity index (χ0n) is 23.2. The van der Waals surface area contributed by atoms with Crippen molar-refractivity contribution in [2.45, 2.75) is 45.2 Å². The Hall–Kier alpha value is -3.78. The molecular weight excluding hydrogens is 738 g/mol. The highest BCUT2D eigenvalue weighted by atomic mass is 79.9. The lowest BCUT2D eigenvalue weighted by Crippen LogP contribution is -2.51. The molecule has 2 atom stereocenters. The third-order valence-electron chi connectivity index (χ3n) is 8.45. The van der Waals surface area contributed by atoms with Crippen LogP contribution in [-0.2, 0) is 4.79 Å². The van der Waals surface area contributed by atoms with E-state index in [-0.39, 0.29) is 48.1 Å². The number of carbonyl (C=O) groups excluding carboxylic acids is 4. The van der Waals surface area contributed by atoms with Gasteiger partial charge in [-0.2, -0.15) is 26.3 Å². The number of rotatable bonds is 4. The van der Waals surface area contributed by atoms with Gasteiger partial charge >= 0.3 is 12.4 Å². The molecule has 0 aliphatic carbocycles. The molecule has 0 saturated heterocycles. The van der Waals surface area contributed by atoms with Gasteiger partial charge < -0.3 is 0 Å². The predicted molar refractivity (Wildman–Crippen MR) is 162 cm³/mol. The third kappa shape index (κ3) is 4.35. The van der Waals surface area contributed by atoms with Gasteiger partial charge in [-0.3, -0.25) is 29.0 Å². The van der Waals surface area contributed by atoms with E-state index in [1.54, 1.807) is 19.1 Å². The summed E-state index contributed by atoms with van der Waals surface area (Å²) in [5, 5.41) is 3.18. The highest BCUT2D eigenvalue weighted by Gasteiger charge is 2.48. The molecule has 0 aromatic heterocycles. The van der Waals surface area contributed by atoms with E-state index in [0.717, 1.165) is 6.92 Å². The Balaban J connectivity index is 1.73. The van der Waals surface area contributed by atoms with E-state index in [4.69, 9.17) is 0 Å². The topological polar surface area (TPSA) is 74.8 Å². The molecule has 0 N–H and O–H groups in total. The van der Waals surface area contributed by atoms with Crippen molar-refractivity contribution in [2.75, 3.05) is 0 Å². The van der Waals surface area contributed by atoms with Gasteiger partial charge in [-0.25, -0.2) is 0 Å². The molecule has 45 heavy (non-hydrogen) atoms. The normalized spacial score (nSPS) is 15.5. The first-order valence-electron chi connectivity index (χ1n) is 13.3. The number of amides is 4.